The van der Waals surface area contributed by atoms with Crippen molar-refractivity contribution in [3.05, 3.63) is 57.8 Å². The summed E-state index contributed by atoms with van der Waals surface area (Å²) in [4.78, 5) is 20.3. The molecule has 0 aliphatic carbocycles. The van der Waals surface area contributed by atoms with Crippen LogP contribution in [0.25, 0.3) is 0 Å². The molecule has 1 unspecified atom stereocenters. The van der Waals surface area contributed by atoms with Crippen LogP contribution < -0.4 is 10.6 Å². The molecule has 0 fully saturated rings. The minimum absolute atomic E-state index is 0.0274. The van der Waals surface area contributed by atoms with Crippen molar-refractivity contribution in [3.63, 3.8) is 0 Å². The standard InChI is InChI=1S/C19H26N4OS/c1-14-10-11-17(25-14)12-20-19(21-13-18(24)23(3)4)22-15(2)16-8-6-5-7-9-16/h5-11,15H,12-13H2,1-4H3,(H2,20,21,22). The van der Waals surface area contributed by atoms with Gasteiger partial charge in [-0.15, -0.1) is 11.3 Å². The number of benzene rings is 1. The lowest BCUT2D eigenvalue weighted by Crippen LogP contribution is -2.39. The molecule has 1 atom stereocenters. The van der Waals surface area contributed by atoms with Gasteiger partial charge in [0.15, 0.2) is 5.96 Å². The quantitative estimate of drug-likeness (QED) is 0.617. The summed E-state index contributed by atoms with van der Waals surface area (Å²) in [5.41, 5.74) is 1.17. The van der Waals surface area contributed by atoms with Crippen molar-refractivity contribution in [3.8, 4) is 0 Å². The van der Waals surface area contributed by atoms with Crippen molar-refractivity contribution < 1.29 is 4.79 Å². The first-order valence-electron chi connectivity index (χ1n) is 8.31. The topological polar surface area (TPSA) is 56.7 Å². The van der Waals surface area contributed by atoms with Crippen molar-refractivity contribution >= 4 is 23.2 Å². The number of hydrogen-bond acceptors (Lipinski definition) is 3. The first kappa shape index (κ1) is 19.0. The molecule has 25 heavy (non-hydrogen) atoms. The zero-order valence-corrected chi connectivity index (χ0v) is 16.1. The number of aryl methyl sites for hydroxylation is 1. The van der Waals surface area contributed by atoms with Crippen LogP contribution in [0.3, 0.4) is 0 Å². The summed E-state index contributed by atoms with van der Waals surface area (Å²) in [5.74, 6) is 0.609. The smallest absolute Gasteiger partial charge is 0.243 e. The van der Waals surface area contributed by atoms with E-state index in [4.69, 9.17) is 0 Å². The number of likely N-dealkylation sites (N-methyl/N-ethyl adjacent to an activating group) is 1. The Hall–Kier alpha value is -2.34. The van der Waals surface area contributed by atoms with Gasteiger partial charge in [0.2, 0.25) is 5.91 Å². The van der Waals surface area contributed by atoms with E-state index in [1.807, 2.05) is 18.2 Å². The van der Waals surface area contributed by atoms with E-state index in [0.717, 1.165) is 0 Å². The molecule has 6 heteroatoms. The molecule has 2 rings (SSSR count). The molecule has 2 N–H and O–H groups in total. The van der Waals surface area contributed by atoms with Crippen LogP contribution in [0.5, 0.6) is 0 Å². The van der Waals surface area contributed by atoms with Gasteiger partial charge in [-0.05, 0) is 31.5 Å². The molecule has 1 heterocycles. The fraction of sp³-hybridized carbons (Fsp3) is 0.368. The van der Waals surface area contributed by atoms with Gasteiger partial charge in [-0.1, -0.05) is 30.3 Å². The highest BCUT2D eigenvalue weighted by Gasteiger charge is 2.10. The van der Waals surface area contributed by atoms with Crippen LogP contribution in [-0.2, 0) is 11.3 Å². The van der Waals surface area contributed by atoms with E-state index in [9.17, 15) is 4.79 Å². The SMILES string of the molecule is Cc1ccc(CNC(=NCC(=O)N(C)C)NC(C)c2ccccc2)s1. The first-order valence-corrected chi connectivity index (χ1v) is 9.12. The van der Waals surface area contributed by atoms with Crippen molar-refractivity contribution in [2.45, 2.75) is 26.4 Å². The van der Waals surface area contributed by atoms with Crippen LogP contribution in [0.4, 0.5) is 0 Å². The monoisotopic (exact) mass is 358 g/mol. The summed E-state index contributed by atoms with van der Waals surface area (Å²) >= 11 is 1.75. The molecule has 1 aromatic carbocycles. The maximum Gasteiger partial charge on any atom is 0.243 e. The maximum atomic E-state index is 11.8. The minimum atomic E-state index is -0.0274. The number of carbonyl (C=O) groups is 1. The third-order valence-corrected chi connectivity index (χ3v) is 4.75. The first-order chi connectivity index (χ1) is 12.0. The zero-order chi connectivity index (χ0) is 18.2. The van der Waals surface area contributed by atoms with E-state index in [-0.39, 0.29) is 18.5 Å². The second-order valence-electron chi connectivity index (χ2n) is 6.10. The summed E-state index contributed by atoms with van der Waals surface area (Å²) < 4.78 is 0. The van der Waals surface area contributed by atoms with E-state index >= 15 is 0 Å². The predicted octanol–water partition coefficient (Wildman–Crippen LogP) is 2.94. The molecule has 0 bridgehead atoms. The Morgan fingerprint density at radius 3 is 2.52 bits per heavy atom. The normalized spacial score (nSPS) is 12.6. The van der Waals surface area contributed by atoms with Crippen LogP contribution >= 0.6 is 11.3 Å². The van der Waals surface area contributed by atoms with E-state index in [2.05, 4.69) is 53.7 Å². The number of nitrogens with zero attached hydrogens (tertiary/aromatic N) is 2. The Bertz CT molecular complexity index is 709. The van der Waals surface area contributed by atoms with Crippen molar-refractivity contribution in [2.24, 2.45) is 4.99 Å². The molecule has 0 saturated heterocycles. The minimum Gasteiger partial charge on any atom is -0.351 e. The molecule has 0 aliphatic rings. The maximum absolute atomic E-state index is 11.8. The number of carbonyl (C=O) groups excluding carboxylic acids is 1. The number of guanidine groups is 1. The van der Waals surface area contributed by atoms with Gasteiger partial charge in [0, 0.05) is 23.8 Å². The van der Waals surface area contributed by atoms with Crippen LogP contribution in [0.1, 0.15) is 28.3 Å². The van der Waals surface area contributed by atoms with E-state index in [0.29, 0.717) is 12.5 Å². The lowest BCUT2D eigenvalue weighted by molar-refractivity contribution is -0.127. The van der Waals surface area contributed by atoms with E-state index < -0.39 is 0 Å². The Morgan fingerprint density at radius 1 is 1.20 bits per heavy atom. The molecular weight excluding hydrogens is 332 g/mol. The van der Waals surface area contributed by atoms with Crippen LogP contribution in [0, 0.1) is 6.92 Å². The predicted molar refractivity (Wildman–Crippen MR) is 105 cm³/mol. The number of rotatable bonds is 6. The van der Waals surface area contributed by atoms with Crippen LogP contribution in [0.2, 0.25) is 0 Å². The summed E-state index contributed by atoms with van der Waals surface area (Å²) in [6.07, 6.45) is 0. The summed E-state index contributed by atoms with van der Waals surface area (Å²) in [5, 5.41) is 6.70. The molecule has 0 spiro atoms. The zero-order valence-electron chi connectivity index (χ0n) is 15.2. The highest BCUT2D eigenvalue weighted by Crippen LogP contribution is 2.15. The summed E-state index contributed by atoms with van der Waals surface area (Å²) in [6.45, 7) is 4.97. The Kier molecular flexibility index (Phi) is 7.01. The van der Waals surface area contributed by atoms with Crippen molar-refractivity contribution in [2.75, 3.05) is 20.6 Å². The Balaban J connectivity index is 2.04. The summed E-state index contributed by atoms with van der Waals surface area (Å²) in [6, 6.07) is 14.5. The molecule has 0 radical (unpaired) electrons. The number of thiophene rings is 1. The van der Waals surface area contributed by atoms with Crippen molar-refractivity contribution in [1.29, 1.82) is 0 Å². The molecule has 0 aliphatic heterocycles. The van der Waals surface area contributed by atoms with Gasteiger partial charge in [0.25, 0.3) is 0 Å². The van der Waals surface area contributed by atoms with Gasteiger partial charge in [-0.25, -0.2) is 4.99 Å². The van der Waals surface area contributed by atoms with Gasteiger partial charge >= 0.3 is 0 Å². The fourth-order valence-corrected chi connectivity index (χ4v) is 3.05. The average molecular weight is 359 g/mol. The third kappa shape index (κ3) is 6.23. The molecule has 0 saturated carbocycles. The Labute approximate surface area is 153 Å². The van der Waals surface area contributed by atoms with Gasteiger partial charge < -0.3 is 15.5 Å². The number of nitrogens with one attached hydrogen (secondary N) is 2. The number of hydrogen-bond donors (Lipinski definition) is 2. The van der Waals surface area contributed by atoms with Crippen LogP contribution in [0.15, 0.2) is 47.5 Å². The van der Waals surface area contributed by atoms with Crippen LogP contribution in [-0.4, -0.2) is 37.4 Å². The highest BCUT2D eigenvalue weighted by molar-refractivity contribution is 7.11. The largest absolute Gasteiger partial charge is 0.351 e. The molecule has 5 nitrogen and oxygen atoms in total. The van der Waals surface area contributed by atoms with E-state index in [1.165, 1.54) is 15.3 Å². The molecule has 134 valence electrons. The second kappa shape index (κ2) is 9.22. The third-order valence-electron chi connectivity index (χ3n) is 3.75. The molecule has 2 aromatic rings. The molecular formula is C19H26N4OS. The second-order valence-corrected chi connectivity index (χ2v) is 7.47. The van der Waals surface area contributed by atoms with Gasteiger partial charge in [-0.3, -0.25) is 4.79 Å². The summed E-state index contributed by atoms with van der Waals surface area (Å²) in [7, 11) is 3.47. The highest BCUT2D eigenvalue weighted by atomic mass is 32.1. The molecule has 1 amide bonds. The lowest BCUT2D eigenvalue weighted by atomic mass is 10.1. The van der Waals surface area contributed by atoms with Gasteiger partial charge in [-0.2, -0.15) is 0 Å². The van der Waals surface area contributed by atoms with Gasteiger partial charge in [0.1, 0.15) is 6.54 Å². The van der Waals surface area contributed by atoms with Gasteiger partial charge in [0.05, 0.1) is 12.6 Å². The lowest BCUT2D eigenvalue weighted by Gasteiger charge is -2.19. The Morgan fingerprint density at radius 2 is 1.92 bits per heavy atom. The number of amides is 1. The average Bonchev–Trinajstić information content (AvgIpc) is 3.02. The molecule has 1 aromatic heterocycles. The van der Waals surface area contributed by atoms with Crippen molar-refractivity contribution in [1.82, 2.24) is 15.5 Å². The van der Waals surface area contributed by atoms with E-state index in [1.54, 1.807) is 30.3 Å². The fourth-order valence-electron chi connectivity index (χ4n) is 2.22. The number of aliphatic imine (C=N–C) groups is 1.